The molecule has 36 heavy (non-hydrogen) atoms. The molecule has 11 nitrogen and oxygen atoms in total. The normalized spacial score (nSPS) is 12.1. The van der Waals surface area contributed by atoms with E-state index in [-0.39, 0.29) is 32.1 Å². The second kappa shape index (κ2) is 12.1. The van der Waals surface area contributed by atoms with Gasteiger partial charge in [-0.15, -0.1) is 10.2 Å². The van der Waals surface area contributed by atoms with E-state index in [1.165, 1.54) is 4.90 Å². The molecule has 0 fully saturated rings. The first kappa shape index (κ1) is 26.6. The molecule has 3 rings (SSSR count). The second-order valence-corrected chi connectivity index (χ2v) is 8.90. The van der Waals surface area contributed by atoms with Crippen LogP contribution in [0.2, 0.25) is 0 Å². The number of nitrogens with zero attached hydrogens (tertiary/aromatic N) is 5. The van der Waals surface area contributed by atoms with E-state index in [2.05, 4.69) is 15.5 Å². The van der Waals surface area contributed by atoms with Crippen LogP contribution in [0.1, 0.15) is 43.4 Å². The average molecular weight is 494 g/mol. The number of aromatic nitrogens is 3. The maximum absolute atomic E-state index is 12.8. The summed E-state index contributed by atoms with van der Waals surface area (Å²) in [5, 5.41) is 20.2. The number of nitriles is 1. The highest BCUT2D eigenvalue weighted by molar-refractivity contribution is 5.85. The summed E-state index contributed by atoms with van der Waals surface area (Å²) in [5.74, 6) is 0.0377. The average Bonchev–Trinajstić information content (AvgIpc) is 3.30. The Hall–Kier alpha value is -4.01. The van der Waals surface area contributed by atoms with Gasteiger partial charge >= 0.3 is 6.09 Å². The third-order valence-corrected chi connectivity index (χ3v) is 5.35. The SMILES string of the molecule is CN(CCC#N)C(=O)OCc1cccc2nnc([C@@H](COCc3ccccc3)NC(=O)C(C)(C)N)n12. The second-order valence-electron chi connectivity index (χ2n) is 8.90. The van der Waals surface area contributed by atoms with Crippen molar-refractivity contribution in [2.45, 2.75) is 45.1 Å². The highest BCUT2D eigenvalue weighted by atomic mass is 16.6. The van der Waals surface area contributed by atoms with Crippen molar-refractivity contribution in [2.75, 3.05) is 20.2 Å². The number of carbonyl (C=O) groups is 2. The predicted molar refractivity (Wildman–Crippen MR) is 131 cm³/mol. The Kier molecular flexibility index (Phi) is 8.94. The monoisotopic (exact) mass is 493 g/mol. The Labute approximate surface area is 209 Å². The molecular weight excluding hydrogens is 462 g/mol. The van der Waals surface area contributed by atoms with Gasteiger partial charge in [0.2, 0.25) is 5.91 Å². The van der Waals surface area contributed by atoms with Crippen molar-refractivity contribution < 1.29 is 19.1 Å². The van der Waals surface area contributed by atoms with Crippen LogP contribution in [0.25, 0.3) is 5.65 Å². The van der Waals surface area contributed by atoms with Gasteiger partial charge in [0.1, 0.15) is 12.6 Å². The minimum Gasteiger partial charge on any atom is -0.443 e. The van der Waals surface area contributed by atoms with Crippen molar-refractivity contribution in [2.24, 2.45) is 5.73 Å². The molecule has 3 aromatic rings. The molecule has 11 heteroatoms. The number of amides is 2. The van der Waals surface area contributed by atoms with Gasteiger partial charge in [0.25, 0.3) is 0 Å². The van der Waals surface area contributed by atoms with Crippen LogP contribution in [-0.4, -0.2) is 57.2 Å². The Morgan fingerprint density at radius 1 is 1.17 bits per heavy atom. The summed E-state index contributed by atoms with van der Waals surface area (Å²) < 4.78 is 13.1. The molecule has 0 radical (unpaired) electrons. The number of nitrogens with two attached hydrogens (primary N) is 1. The van der Waals surface area contributed by atoms with Crippen LogP contribution in [0.4, 0.5) is 4.79 Å². The zero-order valence-corrected chi connectivity index (χ0v) is 20.7. The van der Waals surface area contributed by atoms with Gasteiger partial charge < -0.3 is 25.4 Å². The summed E-state index contributed by atoms with van der Waals surface area (Å²) in [6.07, 6.45) is -0.351. The fourth-order valence-corrected chi connectivity index (χ4v) is 3.32. The first-order chi connectivity index (χ1) is 17.2. The molecule has 190 valence electrons. The topological polar surface area (TPSA) is 148 Å². The molecule has 1 aromatic carbocycles. The lowest BCUT2D eigenvalue weighted by molar-refractivity contribution is -0.126. The summed E-state index contributed by atoms with van der Waals surface area (Å²) in [4.78, 5) is 26.4. The smallest absolute Gasteiger partial charge is 0.409 e. The standard InChI is InChI=1S/C25H31N7O4/c1-25(2,27)23(33)28-20(17-35-15-18-9-5-4-6-10-18)22-30-29-21-12-7-11-19(32(21)22)16-36-24(34)31(3)14-8-13-26/h4-7,9-12,20H,8,14-17,27H2,1-3H3,(H,28,33)/t20-/m1/s1. The van der Waals surface area contributed by atoms with E-state index in [9.17, 15) is 9.59 Å². The molecule has 1 atom stereocenters. The van der Waals surface area contributed by atoms with Crippen LogP contribution in [0, 0.1) is 11.3 Å². The van der Waals surface area contributed by atoms with Crippen LogP contribution < -0.4 is 11.1 Å². The zero-order valence-electron chi connectivity index (χ0n) is 20.7. The van der Waals surface area contributed by atoms with E-state index in [4.69, 9.17) is 20.5 Å². The lowest BCUT2D eigenvalue weighted by Gasteiger charge is -2.24. The van der Waals surface area contributed by atoms with Gasteiger partial charge in [0, 0.05) is 13.6 Å². The molecular formula is C25H31N7O4. The third-order valence-electron chi connectivity index (χ3n) is 5.35. The van der Waals surface area contributed by atoms with Gasteiger partial charge in [-0.25, -0.2) is 4.79 Å². The Bertz CT molecular complexity index is 1210. The molecule has 0 aliphatic rings. The van der Waals surface area contributed by atoms with E-state index in [1.807, 2.05) is 36.4 Å². The Balaban J connectivity index is 1.84. The molecule has 0 bridgehead atoms. The number of ether oxygens (including phenoxy) is 2. The Morgan fingerprint density at radius 3 is 2.61 bits per heavy atom. The van der Waals surface area contributed by atoms with Crippen LogP contribution in [0.5, 0.6) is 0 Å². The number of nitrogens with one attached hydrogen (secondary N) is 1. The molecule has 0 saturated carbocycles. The maximum Gasteiger partial charge on any atom is 0.409 e. The van der Waals surface area contributed by atoms with Gasteiger partial charge in [0.15, 0.2) is 11.5 Å². The lowest BCUT2D eigenvalue weighted by Crippen LogP contribution is -2.51. The molecule has 0 aliphatic carbocycles. The van der Waals surface area contributed by atoms with E-state index < -0.39 is 17.7 Å². The third kappa shape index (κ3) is 7.00. The minimum absolute atomic E-state index is 0.0635. The molecule has 3 N–H and O–H groups in total. The number of benzene rings is 1. The number of pyridine rings is 1. The van der Waals surface area contributed by atoms with Crippen LogP contribution in [0.3, 0.4) is 0 Å². The van der Waals surface area contributed by atoms with E-state index >= 15 is 0 Å². The van der Waals surface area contributed by atoms with Gasteiger partial charge in [0.05, 0.1) is 36.9 Å². The Morgan fingerprint density at radius 2 is 1.92 bits per heavy atom. The molecule has 0 saturated heterocycles. The van der Waals surface area contributed by atoms with Gasteiger partial charge in [-0.2, -0.15) is 5.26 Å². The van der Waals surface area contributed by atoms with Crippen molar-refractivity contribution in [1.82, 2.24) is 24.8 Å². The van der Waals surface area contributed by atoms with Gasteiger partial charge in [-0.1, -0.05) is 36.4 Å². The van der Waals surface area contributed by atoms with Gasteiger partial charge in [-0.05, 0) is 31.5 Å². The molecule has 2 aromatic heterocycles. The van der Waals surface area contributed by atoms with Crippen molar-refractivity contribution in [3.8, 4) is 6.07 Å². The molecule has 0 unspecified atom stereocenters. The summed E-state index contributed by atoms with van der Waals surface area (Å²) in [7, 11) is 1.56. The fourth-order valence-electron chi connectivity index (χ4n) is 3.32. The number of carbonyl (C=O) groups excluding carboxylic acids is 2. The minimum atomic E-state index is -1.12. The number of fused-ring (bicyclic) bond motifs is 1. The van der Waals surface area contributed by atoms with Crippen molar-refractivity contribution in [3.05, 3.63) is 65.6 Å². The van der Waals surface area contributed by atoms with Crippen LogP contribution >= 0.6 is 0 Å². The largest absolute Gasteiger partial charge is 0.443 e. The number of hydrogen-bond acceptors (Lipinski definition) is 8. The quantitative estimate of drug-likeness (QED) is 0.413. The van der Waals surface area contributed by atoms with Crippen molar-refractivity contribution in [3.63, 3.8) is 0 Å². The molecule has 2 amide bonds. The van der Waals surface area contributed by atoms with E-state index in [1.54, 1.807) is 43.5 Å². The lowest BCUT2D eigenvalue weighted by atomic mass is 10.1. The highest BCUT2D eigenvalue weighted by Crippen LogP contribution is 2.19. The van der Waals surface area contributed by atoms with Gasteiger partial charge in [-0.3, -0.25) is 9.20 Å². The zero-order chi connectivity index (χ0) is 26.1. The van der Waals surface area contributed by atoms with E-state index in [0.717, 1.165) is 5.56 Å². The maximum atomic E-state index is 12.8. The first-order valence-electron chi connectivity index (χ1n) is 11.5. The van der Waals surface area contributed by atoms with E-state index in [0.29, 0.717) is 23.8 Å². The van der Waals surface area contributed by atoms with Crippen molar-refractivity contribution >= 4 is 17.6 Å². The molecule has 0 aliphatic heterocycles. The van der Waals surface area contributed by atoms with Crippen molar-refractivity contribution in [1.29, 1.82) is 5.26 Å². The fraction of sp³-hybridized carbons (Fsp3) is 0.400. The first-order valence-corrected chi connectivity index (χ1v) is 11.5. The summed E-state index contributed by atoms with van der Waals surface area (Å²) in [6, 6.07) is 16.3. The number of hydrogen-bond donors (Lipinski definition) is 2. The molecule has 2 heterocycles. The van der Waals surface area contributed by atoms with Crippen LogP contribution in [0.15, 0.2) is 48.5 Å². The summed E-state index contributed by atoms with van der Waals surface area (Å²) in [5.41, 5.74) is 7.00. The number of rotatable bonds is 11. The summed E-state index contributed by atoms with van der Waals surface area (Å²) >= 11 is 0. The van der Waals surface area contributed by atoms with Crippen LogP contribution in [-0.2, 0) is 27.5 Å². The summed E-state index contributed by atoms with van der Waals surface area (Å²) in [6.45, 7) is 3.88. The predicted octanol–water partition coefficient (Wildman–Crippen LogP) is 2.32. The highest BCUT2D eigenvalue weighted by Gasteiger charge is 2.28. The molecule has 0 spiro atoms.